The molecule has 0 aliphatic carbocycles. The highest BCUT2D eigenvalue weighted by Crippen LogP contribution is 2.11. The summed E-state index contributed by atoms with van der Waals surface area (Å²) < 4.78 is 4.61. The molecule has 1 aliphatic rings. The fourth-order valence-corrected chi connectivity index (χ4v) is 0.752. The minimum Gasteiger partial charge on any atom is -0.390 e. The van der Waals surface area contributed by atoms with Gasteiger partial charge in [0.1, 0.15) is 6.10 Å². The van der Waals surface area contributed by atoms with Crippen LogP contribution < -0.4 is 0 Å². The zero-order chi connectivity index (χ0) is 6.85. The highest BCUT2D eigenvalue weighted by atomic mass is 16.6. The zero-order valence-corrected chi connectivity index (χ0v) is 4.90. The first-order valence-electron chi connectivity index (χ1n) is 2.86. The van der Waals surface area contributed by atoms with Gasteiger partial charge in [-0.3, -0.25) is 0 Å². The van der Waals surface area contributed by atoms with Crippen LogP contribution in [0.15, 0.2) is 0 Å². The van der Waals surface area contributed by atoms with Crippen LogP contribution >= 0.6 is 0 Å². The van der Waals surface area contributed by atoms with Crippen LogP contribution in [0.25, 0.3) is 0 Å². The van der Waals surface area contributed by atoms with Crippen molar-refractivity contribution in [2.24, 2.45) is 0 Å². The van der Waals surface area contributed by atoms with Gasteiger partial charge in [-0.1, -0.05) is 0 Å². The number of rotatable bonds is 0. The van der Waals surface area contributed by atoms with Crippen LogP contribution in [-0.2, 0) is 4.74 Å². The van der Waals surface area contributed by atoms with Crippen molar-refractivity contribution in [3.63, 3.8) is 0 Å². The summed E-state index contributed by atoms with van der Waals surface area (Å²) in [4.78, 5) is 0. The molecule has 1 saturated heterocycles. The smallest absolute Gasteiger partial charge is 0.157 e. The molecule has 3 N–H and O–H groups in total. The Morgan fingerprint density at radius 1 is 1.11 bits per heavy atom. The largest absolute Gasteiger partial charge is 0.390 e. The van der Waals surface area contributed by atoms with E-state index in [0.717, 1.165) is 0 Å². The second kappa shape index (κ2) is 2.62. The van der Waals surface area contributed by atoms with E-state index in [1.165, 1.54) is 0 Å². The van der Waals surface area contributed by atoms with Gasteiger partial charge >= 0.3 is 0 Å². The van der Waals surface area contributed by atoms with Gasteiger partial charge in [-0.05, 0) is 0 Å². The number of ether oxygens (including phenoxy) is 1. The van der Waals surface area contributed by atoms with E-state index in [1.54, 1.807) is 0 Å². The summed E-state index contributed by atoms with van der Waals surface area (Å²) in [5.74, 6) is 0. The van der Waals surface area contributed by atoms with E-state index in [-0.39, 0.29) is 13.0 Å². The highest BCUT2D eigenvalue weighted by Gasteiger charge is 2.26. The molecule has 0 bridgehead atoms. The SMILES string of the molecule is O[C@@H]1C[C@H](O)OC[C@@H]1O. The molecule has 0 aromatic heterocycles. The van der Waals surface area contributed by atoms with Gasteiger partial charge in [0.05, 0.1) is 12.7 Å². The third-order valence-electron chi connectivity index (χ3n) is 1.35. The van der Waals surface area contributed by atoms with Gasteiger partial charge in [0.15, 0.2) is 6.29 Å². The molecular weight excluding hydrogens is 124 g/mol. The second-order valence-electron chi connectivity index (χ2n) is 2.16. The van der Waals surface area contributed by atoms with Crippen molar-refractivity contribution in [1.29, 1.82) is 0 Å². The Labute approximate surface area is 52.7 Å². The summed E-state index contributed by atoms with van der Waals surface area (Å²) in [6.07, 6.45) is -2.49. The average Bonchev–Trinajstić information content (AvgIpc) is 1.80. The Morgan fingerprint density at radius 3 is 2.22 bits per heavy atom. The van der Waals surface area contributed by atoms with Gasteiger partial charge in [-0.25, -0.2) is 0 Å². The van der Waals surface area contributed by atoms with Crippen LogP contribution in [0.4, 0.5) is 0 Å². The van der Waals surface area contributed by atoms with Gasteiger partial charge in [0.25, 0.3) is 0 Å². The number of hydrogen-bond donors (Lipinski definition) is 3. The zero-order valence-electron chi connectivity index (χ0n) is 4.90. The molecule has 1 aliphatic heterocycles. The Balaban J connectivity index is 2.35. The summed E-state index contributed by atoms with van der Waals surface area (Å²) in [6, 6.07) is 0. The molecule has 0 saturated carbocycles. The van der Waals surface area contributed by atoms with Crippen molar-refractivity contribution < 1.29 is 20.1 Å². The van der Waals surface area contributed by atoms with Crippen LogP contribution in [0.2, 0.25) is 0 Å². The predicted octanol–water partition coefficient (Wildman–Crippen LogP) is -1.55. The molecular formula is C5H10O4. The van der Waals surface area contributed by atoms with Gasteiger partial charge in [-0.15, -0.1) is 0 Å². The van der Waals surface area contributed by atoms with E-state index < -0.39 is 18.5 Å². The van der Waals surface area contributed by atoms with E-state index in [4.69, 9.17) is 15.3 Å². The van der Waals surface area contributed by atoms with Gasteiger partial charge < -0.3 is 20.1 Å². The van der Waals surface area contributed by atoms with Gasteiger partial charge in [0, 0.05) is 6.42 Å². The summed E-state index contributed by atoms with van der Waals surface area (Å²) in [6.45, 7) is 0.0162. The van der Waals surface area contributed by atoms with Crippen molar-refractivity contribution in [2.75, 3.05) is 6.61 Å². The lowest BCUT2D eigenvalue weighted by Gasteiger charge is -2.26. The molecule has 3 atom stereocenters. The Kier molecular flexibility index (Phi) is 2.02. The molecule has 0 spiro atoms. The summed E-state index contributed by atoms with van der Waals surface area (Å²) in [5, 5.41) is 26.4. The molecule has 9 heavy (non-hydrogen) atoms. The van der Waals surface area contributed by atoms with Crippen molar-refractivity contribution in [1.82, 2.24) is 0 Å². The van der Waals surface area contributed by atoms with Crippen LogP contribution in [0, 0.1) is 0 Å². The molecule has 1 fully saturated rings. The normalized spacial score (nSPS) is 45.0. The van der Waals surface area contributed by atoms with Gasteiger partial charge in [-0.2, -0.15) is 0 Å². The lowest BCUT2D eigenvalue weighted by atomic mass is 10.1. The van der Waals surface area contributed by atoms with Crippen molar-refractivity contribution in [3.8, 4) is 0 Å². The summed E-state index contributed by atoms with van der Waals surface area (Å²) in [7, 11) is 0. The fraction of sp³-hybridized carbons (Fsp3) is 1.00. The Bertz CT molecular complexity index is 95.0. The molecule has 0 radical (unpaired) electrons. The Hall–Kier alpha value is -0.160. The third kappa shape index (κ3) is 1.62. The van der Waals surface area contributed by atoms with E-state index in [0.29, 0.717) is 0 Å². The maximum Gasteiger partial charge on any atom is 0.157 e. The molecule has 1 rings (SSSR count). The van der Waals surface area contributed by atoms with Crippen LogP contribution in [0.5, 0.6) is 0 Å². The third-order valence-corrected chi connectivity index (χ3v) is 1.35. The summed E-state index contributed by atoms with van der Waals surface area (Å²) in [5.41, 5.74) is 0. The molecule has 0 aromatic rings. The summed E-state index contributed by atoms with van der Waals surface area (Å²) >= 11 is 0. The number of hydrogen-bond acceptors (Lipinski definition) is 4. The molecule has 0 unspecified atom stereocenters. The lowest BCUT2D eigenvalue weighted by Crippen LogP contribution is -2.40. The van der Waals surface area contributed by atoms with E-state index in [9.17, 15) is 0 Å². The fourth-order valence-electron chi connectivity index (χ4n) is 0.752. The van der Waals surface area contributed by atoms with Crippen LogP contribution in [0.3, 0.4) is 0 Å². The molecule has 1 heterocycles. The lowest BCUT2D eigenvalue weighted by molar-refractivity contribution is -0.193. The minimum absolute atomic E-state index is 0.0162. The molecule has 4 nitrogen and oxygen atoms in total. The highest BCUT2D eigenvalue weighted by molar-refractivity contribution is 4.72. The van der Waals surface area contributed by atoms with Crippen LogP contribution in [-0.4, -0.2) is 40.4 Å². The number of aliphatic hydroxyl groups is 3. The first kappa shape index (κ1) is 6.95. The van der Waals surface area contributed by atoms with Crippen molar-refractivity contribution in [2.45, 2.75) is 24.9 Å². The maximum absolute atomic E-state index is 8.86. The number of aliphatic hydroxyl groups excluding tert-OH is 3. The molecule has 54 valence electrons. The minimum atomic E-state index is -0.914. The van der Waals surface area contributed by atoms with Crippen LogP contribution in [0.1, 0.15) is 6.42 Å². The topological polar surface area (TPSA) is 69.9 Å². The molecule has 0 amide bonds. The van der Waals surface area contributed by atoms with Crippen molar-refractivity contribution in [3.05, 3.63) is 0 Å². The monoisotopic (exact) mass is 134 g/mol. The van der Waals surface area contributed by atoms with E-state index in [1.807, 2.05) is 0 Å². The molecule has 0 aromatic carbocycles. The maximum atomic E-state index is 8.86. The predicted molar refractivity (Wildman–Crippen MR) is 28.6 cm³/mol. The second-order valence-corrected chi connectivity index (χ2v) is 2.16. The van der Waals surface area contributed by atoms with E-state index in [2.05, 4.69) is 4.74 Å². The molecule has 4 heteroatoms. The first-order chi connectivity index (χ1) is 4.20. The average molecular weight is 134 g/mol. The quantitative estimate of drug-likeness (QED) is 0.375. The standard InChI is InChI=1S/C5H10O4/c6-3-1-5(8)9-2-4(3)7/h3-8H,1-2H2/t3-,4+,5-/m1/s1. The van der Waals surface area contributed by atoms with Gasteiger partial charge in [0.2, 0.25) is 0 Å². The first-order valence-corrected chi connectivity index (χ1v) is 2.86. The van der Waals surface area contributed by atoms with E-state index >= 15 is 0 Å². The van der Waals surface area contributed by atoms with Crippen molar-refractivity contribution >= 4 is 0 Å². The Morgan fingerprint density at radius 2 is 1.78 bits per heavy atom.